The van der Waals surface area contributed by atoms with Crippen molar-refractivity contribution in [1.82, 2.24) is 15.1 Å². The van der Waals surface area contributed by atoms with Gasteiger partial charge < -0.3 is 10.4 Å². The van der Waals surface area contributed by atoms with Gasteiger partial charge in [-0.25, -0.2) is 0 Å². The van der Waals surface area contributed by atoms with Gasteiger partial charge in [0.1, 0.15) is 0 Å². The summed E-state index contributed by atoms with van der Waals surface area (Å²) >= 11 is 0. The summed E-state index contributed by atoms with van der Waals surface area (Å²) in [5, 5.41) is 16.0. The molecule has 0 spiro atoms. The topological polar surface area (TPSA) is 84.2 Å². The number of alkyl halides is 3. The third-order valence-corrected chi connectivity index (χ3v) is 5.84. The van der Waals surface area contributed by atoms with Crippen molar-refractivity contribution in [3.63, 3.8) is 0 Å². The quantitative estimate of drug-likeness (QED) is 0.443. The number of aromatic nitrogens is 2. The zero-order valence-corrected chi connectivity index (χ0v) is 19.2. The van der Waals surface area contributed by atoms with Gasteiger partial charge in [0.2, 0.25) is 0 Å². The van der Waals surface area contributed by atoms with Gasteiger partial charge in [0, 0.05) is 17.7 Å². The average Bonchev–Trinajstić information content (AvgIpc) is 3.28. The zero-order chi connectivity index (χ0) is 25.7. The lowest BCUT2D eigenvalue weighted by molar-refractivity contribution is -0.160. The van der Waals surface area contributed by atoms with Crippen molar-refractivity contribution in [2.24, 2.45) is 5.92 Å². The lowest BCUT2D eigenvalue weighted by atomic mass is 9.94. The molecule has 1 unspecified atom stereocenters. The molecule has 36 heavy (non-hydrogen) atoms. The van der Waals surface area contributed by atoms with Gasteiger partial charge in [0.15, 0.2) is 0 Å². The third kappa shape index (κ3) is 6.10. The summed E-state index contributed by atoms with van der Waals surface area (Å²) in [6.45, 7) is 0.379. The first-order valence-corrected chi connectivity index (χ1v) is 11.4. The Labute approximate surface area is 205 Å². The molecular formula is C27H24F3N3O3. The van der Waals surface area contributed by atoms with Crippen LogP contribution in [0.15, 0.2) is 78.9 Å². The van der Waals surface area contributed by atoms with Crippen LogP contribution in [0.5, 0.6) is 0 Å². The third-order valence-electron chi connectivity index (χ3n) is 5.84. The van der Waals surface area contributed by atoms with Crippen molar-refractivity contribution >= 4 is 17.4 Å². The second kappa shape index (κ2) is 10.6. The van der Waals surface area contributed by atoms with E-state index in [-0.39, 0.29) is 25.3 Å². The molecule has 2 aromatic carbocycles. The molecule has 1 aliphatic rings. The number of hydrogen-bond donors (Lipinski definition) is 2. The van der Waals surface area contributed by atoms with Gasteiger partial charge in [-0.1, -0.05) is 60.7 Å². The first kappa shape index (κ1) is 25.0. The Morgan fingerprint density at radius 3 is 2.42 bits per heavy atom. The summed E-state index contributed by atoms with van der Waals surface area (Å²) < 4.78 is 41.1. The number of nitrogens with one attached hydrogen (secondary N) is 1. The largest absolute Gasteiger partial charge is 0.481 e. The smallest absolute Gasteiger partial charge is 0.395 e. The number of carboxylic acids is 1. The average molecular weight is 496 g/mol. The second-order valence-corrected chi connectivity index (χ2v) is 8.44. The Hall–Kier alpha value is -4.14. The molecule has 4 rings (SSSR count). The zero-order valence-electron chi connectivity index (χ0n) is 19.2. The van der Waals surface area contributed by atoms with E-state index in [0.717, 1.165) is 11.1 Å². The molecule has 0 radical (unpaired) electrons. The number of aliphatic carboxylic acids is 1. The summed E-state index contributed by atoms with van der Waals surface area (Å²) in [7, 11) is 0. The normalized spacial score (nSPS) is 15.4. The van der Waals surface area contributed by atoms with Gasteiger partial charge in [-0.2, -0.15) is 18.3 Å². The van der Waals surface area contributed by atoms with Gasteiger partial charge in [-0.05, 0) is 35.8 Å². The lowest BCUT2D eigenvalue weighted by Crippen LogP contribution is -2.25. The van der Waals surface area contributed by atoms with Gasteiger partial charge in [0.05, 0.1) is 30.3 Å². The predicted molar refractivity (Wildman–Crippen MR) is 129 cm³/mol. The molecule has 1 heterocycles. The number of rotatable bonds is 8. The van der Waals surface area contributed by atoms with Gasteiger partial charge in [-0.3, -0.25) is 14.3 Å². The maximum atomic E-state index is 13.1. The molecule has 1 aliphatic carbocycles. The number of allylic oxidation sites excluding steroid dienone is 4. The highest BCUT2D eigenvalue weighted by molar-refractivity contribution is 5.94. The monoisotopic (exact) mass is 495 g/mol. The standard InChI is InChI=1S/C27H24F3N3O3/c28-27(29,30)22-12-10-20(11-13-22)24-16-23(19-4-2-1-3-5-19)32-33(24)17-18-6-8-21(9-7-18)26(36)31-15-14-25(34)35/h1-12,16,22H,13-15,17H2,(H,31,36)(H,34,35). The molecule has 1 atom stereocenters. The molecule has 0 aliphatic heterocycles. The molecule has 2 N–H and O–H groups in total. The van der Waals surface area contributed by atoms with E-state index in [1.165, 1.54) is 12.2 Å². The van der Waals surface area contributed by atoms with Crippen LogP contribution in [0, 0.1) is 5.92 Å². The number of amides is 1. The summed E-state index contributed by atoms with van der Waals surface area (Å²) in [4.78, 5) is 22.8. The van der Waals surface area contributed by atoms with Crippen LogP contribution in [0.1, 0.15) is 34.5 Å². The van der Waals surface area contributed by atoms with Crippen LogP contribution >= 0.6 is 0 Å². The van der Waals surface area contributed by atoms with Crippen LogP contribution in [0.2, 0.25) is 0 Å². The van der Waals surface area contributed by atoms with Gasteiger partial charge in [0.25, 0.3) is 5.91 Å². The number of halogens is 3. The van der Waals surface area contributed by atoms with Crippen LogP contribution in [0.25, 0.3) is 16.8 Å². The lowest BCUT2D eigenvalue weighted by Gasteiger charge is -2.19. The molecule has 0 saturated heterocycles. The Bertz CT molecular complexity index is 1290. The van der Waals surface area contributed by atoms with Crippen molar-refractivity contribution in [2.45, 2.75) is 25.6 Å². The number of carbonyl (C=O) groups is 2. The van der Waals surface area contributed by atoms with Gasteiger partial charge in [-0.15, -0.1) is 0 Å². The fraction of sp³-hybridized carbons (Fsp3) is 0.222. The minimum Gasteiger partial charge on any atom is -0.481 e. The fourth-order valence-corrected chi connectivity index (χ4v) is 3.89. The van der Waals surface area contributed by atoms with Crippen molar-refractivity contribution < 1.29 is 27.9 Å². The SMILES string of the molecule is O=C(O)CCNC(=O)c1ccc(Cn2nc(-c3ccccc3)cc2C2=CCC(C(F)(F)F)C=C2)cc1. The Morgan fingerprint density at radius 2 is 1.81 bits per heavy atom. The van der Waals surface area contributed by atoms with Crippen LogP contribution in [-0.2, 0) is 11.3 Å². The highest BCUT2D eigenvalue weighted by atomic mass is 19.4. The van der Waals surface area contributed by atoms with Crippen LogP contribution in [0.3, 0.4) is 0 Å². The number of benzene rings is 2. The van der Waals surface area contributed by atoms with E-state index in [2.05, 4.69) is 5.32 Å². The second-order valence-electron chi connectivity index (χ2n) is 8.44. The molecule has 3 aromatic rings. The summed E-state index contributed by atoms with van der Waals surface area (Å²) in [6, 6.07) is 18.2. The van der Waals surface area contributed by atoms with Crippen LogP contribution in [-0.4, -0.2) is 39.5 Å². The molecule has 6 nitrogen and oxygen atoms in total. The number of carbonyl (C=O) groups excluding carboxylic acids is 1. The van der Waals surface area contributed by atoms with E-state index in [1.54, 1.807) is 35.0 Å². The number of nitrogens with zero attached hydrogens (tertiary/aromatic N) is 2. The predicted octanol–water partition coefficient (Wildman–Crippen LogP) is 5.32. The van der Waals surface area contributed by atoms with Crippen molar-refractivity contribution in [2.75, 3.05) is 6.54 Å². The first-order valence-electron chi connectivity index (χ1n) is 11.4. The van der Waals surface area contributed by atoms with Crippen LogP contribution < -0.4 is 5.32 Å². The van der Waals surface area contributed by atoms with E-state index in [0.29, 0.717) is 29.1 Å². The summed E-state index contributed by atoms with van der Waals surface area (Å²) in [5.41, 5.74) is 4.19. The van der Waals surface area contributed by atoms with Gasteiger partial charge >= 0.3 is 12.1 Å². The summed E-state index contributed by atoms with van der Waals surface area (Å²) in [6.07, 6.45) is -0.307. The van der Waals surface area contributed by atoms with E-state index in [9.17, 15) is 22.8 Å². The van der Waals surface area contributed by atoms with Crippen LogP contribution in [0.4, 0.5) is 13.2 Å². The Balaban J connectivity index is 1.56. The minimum atomic E-state index is -4.28. The van der Waals surface area contributed by atoms with Crippen molar-refractivity contribution in [3.05, 3.63) is 95.7 Å². The molecule has 0 saturated carbocycles. The number of hydrogen-bond acceptors (Lipinski definition) is 3. The first-order chi connectivity index (χ1) is 17.2. The highest BCUT2D eigenvalue weighted by Gasteiger charge is 2.38. The fourth-order valence-electron chi connectivity index (χ4n) is 3.89. The molecule has 1 aromatic heterocycles. The molecular weight excluding hydrogens is 471 g/mol. The maximum Gasteiger partial charge on any atom is 0.395 e. The molecule has 1 amide bonds. The van der Waals surface area contributed by atoms with E-state index >= 15 is 0 Å². The molecule has 0 fully saturated rings. The van der Waals surface area contributed by atoms with E-state index < -0.39 is 18.1 Å². The van der Waals surface area contributed by atoms with Crippen molar-refractivity contribution in [1.29, 1.82) is 0 Å². The Kier molecular flexibility index (Phi) is 7.38. The highest BCUT2D eigenvalue weighted by Crippen LogP contribution is 2.36. The molecule has 9 heteroatoms. The van der Waals surface area contributed by atoms with Crippen molar-refractivity contribution in [3.8, 4) is 11.3 Å². The maximum absolute atomic E-state index is 13.1. The summed E-state index contributed by atoms with van der Waals surface area (Å²) in [5.74, 6) is -2.86. The van der Waals surface area contributed by atoms with E-state index in [1.807, 2.05) is 36.4 Å². The van der Waals surface area contributed by atoms with E-state index in [4.69, 9.17) is 10.2 Å². The minimum absolute atomic E-state index is 0.0344. The molecule has 0 bridgehead atoms. The molecule has 186 valence electrons. The number of carboxylic acid groups (broad SMARTS) is 1. The Morgan fingerprint density at radius 1 is 1.08 bits per heavy atom.